The maximum atomic E-state index is 9.35. The lowest BCUT2D eigenvalue weighted by atomic mass is 10.1. The number of rotatable bonds is 5. The van der Waals surface area contributed by atoms with E-state index in [1.54, 1.807) is 7.11 Å². The second-order valence-electron chi connectivity index (χ2n) is 3.64. The first kappa shape index (κ1) is 14.0. The Kier molecular flexibility index (Phi) is 5.46. The van der Waals surface area contributed by atoms with Gasteiger partial charge in [0.1, 0.15) is 11.8 Å². The summed E-state index contributed by atoms with van der Waals surface area (Å²) in [5, 5.41) is 9.35. The Hall–Kier alpha value is -1.05. The van der Waals surface area contributed by atoms with Crippen LogP contribution < -0.4 is 4.74 Å². The van der Waals surface area contributed by atoms with Gasteiger partial charge in [-0.25, -0.2) is 0 Å². The fraction of sp³-hybridized carbons (Fsp3) is 0.462. The first-order chi connectivity index (χ1) is 8.17. The zero-order valence-electron chi connectivity index (χ0n) is 10.4. The highest BCUT2D eigenvalue weighted by Crippen LogP contribution is 2.30. The highest BCUT2D eigenvalue weighted by atomic mass is 79.9. The molecule has 0 aliphatic carbocycles. The number of nitrogens with zero attached hydrogens (tertiary/aromatic N) is 2. The second kappa shape index (κ2) is 6.63. The van der Waals surface area contributed by atoms with Crippen LogP contribution in [0.15, 0.2) is 22.7 Å². The van der Waals surface area contributed by atoms with E-state index in [4.69, 9.17) is 4.74 Å². The van der Waals surface area contributed by atoms with Gasteiger partial charge in [0.15, 0.2) is 0 Å². The van der Waals surface area contributed by atoms with E-state index < -0.39 is 0 Å². The van der Waals surface area contributed by atoms with Crippen LogP contribution in [-0.2, 0) is 0 Å². The van der Waals surface area contributed by atoms with Gasteiger partial charge in [0.25, 0.3) is 0 Å². The molecule has 0 heterocycles. The summed E-state index contributed by atoms with van der Waals surface area (Å²) in [5.41, 5.74) is 0.954. The highest BCUT2D eigenvalue weighted by molar-refractivity contribution is 9.10. The lowest BCUT2D eigenvalue weighted by molar-refractivity contribution is 0.261. The van der Waals surface area contributed by atoms with Crippen molar-refractivity contribution >= 4 is 15.9 Å². The molecular weight excluding hydrogens is 280 g/mol. The smallest absolute Gasteiger partial charge is 0.125 e. The summed E-state index contributed by atoms with van der Waals surface area (Å²) in [6.45, 7) is 5.81. The molecule has 4 heteroatoms. The van der Waals surface area contributed by atoms with Crippen LogP contribution in [0, 0.1) is 11.3 Å². The van der Waals surface area contributed by atoms with Crippen LogP contribution in [0.1, 0.15) is 25.5 Å². The number of nitriles is 1. The summed E-state index contributed by atoms with van der Waals surface area (Å²) in [4.78, 5) is 2.11. The summed E-state index contributed by atoms with van der Waals surface area (Å²) in [5.74, 6) is 0.774. The fourth-order valence-electron chi connectivity index (χ4n) is 1.79. The number of methoxy groups -OCH3 is 1. The summed E-state index contributed by atoms with van der Waals surface area (Å²) < 4.78 is 6.14. The standard InChI is InChI=1S/C13H17BrN2O/c1-4-16(5-2)13(9-15)11-8-10(17-3)6-7-12(11)14/h6-8,13H,4-5H2,1-3H3. The van der Waals surface area contributed by atoms with Gasteiger partial charge in [-0.15, -0.1) is 0 Å². The van der Waals surface area contributed by atoms with Crippen molar-refractivity contribution in [1.29, 1.82) is 5.26 Å². The molecule has 0 N–H and O–H groups in total. The molecule has 1 aromatic rings. The lowest BCUT2D eigenvalue weighted by Gasteiger charge is -2.25. The van der Waals surface area contributed by atoms with Crippen molar-refractivity contribution in [2.45, 2.75) is 19.9 Å². The number of ether oxygens (including phenoxy) is 1. The molecule has 0 aliphatic rings. The molecule has 0 aromatic heterocycles. The largest absolute Gasteiger partial charge is 0.497 e. The van der Waals surface area contributed by atoms with Crippen LogP contribution in [0.5, 0.6) is 5.75 Å². The number of hydrogen-bond acceptors (Lipinski definition) is 3. The van der Waals surface area contributed by atoms with Crippen LogP contribution in [0.4, 0.5) is 0 Å². The molecule has 0 saturated carbocycles. The van der Waals surface area contributed by atoms with Crippen molar-refractivity contribution in [2.24, 2.45) is 0 Å². The van der Waals surface area contributed by atoms with Crippen molar-refractivity contribution in [1.82, 2.24) is 4.90 Å². The molecule has 0 radical (unpaired) electrons. The van der Waals surface area contributed by atoms with Gasteiger partial charge < -0.3 is 4.74 Å². The van der Waals surface area contributed by atoms with Gasteiger partial charge in [0, 0.05) is 10.0 Å². The predicted octanol–water partition coefficient (Wildman–Crippen LogP) is 3.36. The van der Waals surface area contributed by atoms with Crippen LogP contribution in [0.25, 0.3) is 0 Å². The molecule has 92 valence electrons. The Morgan fingerprint density at radius 3 is 2.53 bits per heavy atom. The third-order valence-electron chi connectivity index (χ3n) is 2.80. The minimum absolute atomic E-state index is 0.241. The van der Waals surface area contributed by atoms with E-state index in [2.05, 4.69) is 40.7 Å². The maximum absolute atomic E-state index is 9.35. The van der Waals surface area contributed by atoms with Crippen molar-refractivity contribution in [2.75, 3.05) is 20.2 Å². The predicted molar refractivity (Wildman–Crippen MR) is 72.0 cm³/mol. The summed E-state index contributed by atoms with van der Waals surface area (Å²) >= 11 is 3.49. The molecule has 0 saturated heterocycles. The van der Waals surface area contributed by atoms with Crippen molar-refractivity contribution < 1.29 is 4.74 Å². The molecule has 1 atom stereocenters. The Labute approximate surface area is 111 Å². The third-order valence-corrected chi connectivity index (χ3v) is 3.52. The van der Waals surface area contributed by atoms with E-state index in [1.165, 1.54) is 0 Å². The van der Waals surface area contributed by atoms with Gasteiger partial charge in [-0.1, -0.05) is 29.8 Å². The number of hydrogen-bond donors (Lipinski definition) is 0. The number of benzene rings is 1. The topological polar surface area (TPSA) is 36.3 Å². The Morgan fingerprint density at radius 2 is 2.06 bits per heavy atom. The maximum Gasteiger partial charge on any atom is 0.125 e. The van der Waals surface area contributed by atoms with Crippen LogP contribution >= 0.6 is 15.9 Å². The van der Waals surface area contributed by atoms with Gasteiger partial charge in [0.05, 0.1) is 13.2 Å². The van der Waals surface area contributed by atoms with Gasteiger partial charge in [-0.05, 0) is 31.3 Å². The molecule has 0 spiro atoms. The van der Waals surface area contributed by atoms with E-state index in [0.717, 1.165) is 28.9 Å². The minimum Gasteiger partial charge on any atom is -0.497 e. The van der Waals surface area contributed by atoms with Crippen LogP contribution in [0.2, 0.25) is 0 Å². The van der Waals surface area contributed by atoms with Crippen molar-refractivity contribution in [3.05, 3.63) is 28.2 Å². The van der Waals surface area contributed by atoms with E-state index in [1.807, 2.05) is 18.2 Å². The van der Waals surface area contributed by atoms with E-state index in [9.17, 15) is 5.26 Å². The summed E-state index contributed by atoms with van der Waals surface area (Å²) in [6, 6.07) is 7.82. The van der Waals surface area contributed by atoms with Gasteiger partial charge >= 0.3 is 0 Å². The van der Waals surface area contributed by atoms with Crippen LogP contribution in [0.3, 0.4) is 0 Å². The molecule has 1 unspecified atom stereocenters. The molecule has 17 heavy (non-hydrogen) atoms. The molecule has 0 fully saturated rings. The van der Waals surface area contributed by atoms with Gasteiger partial charge in [-0.2, -0.15) is 5.26 Å². The van der Waals surface area contributed by atoms with Crippen molar-refractivity contribution in [3.8, 4) is 11.8 Å². The van der Waals surface area contributed by atoms with E-state index in [-0.39, 0.29) is 6.04 Å². The van der Waals surface area contributed by atoms with Gasteiger partial charge in [-0.3, -0.25) is 4.90 Å². The minimum atomic E-state index is -0.241. The summed E-state index contributed by atoms with van der Waals surface area (Å²) in [6.07, 6.45) is 0. The molecule has 3 nitrogen and oxygen atoms in total. The van der Waals surface area contributed by atoms with E-state index >= 15 is 0 Å². The lowest BCUT2D eigenvalue weighted by Crippen LogP contribution is -2.27. The first-order valence-corrected chi connectivity index (χ1v) is 6.44. The zero-order valence-corrected chi connectivity index (χ0v) is 12.0. The molecule has 0 aliphatic heterocycles. The fourth-order valence-corrected chi connectivity index (χ4v) is 2.26. The normalized spacial score (nSPS) is 12.2. The number of halogens is 1. The SMILES string of the molecule is CCN(CC)C(C#N)c1cc(OC)ccc1Br. The highest BCUT2D eigenvalue weighted by Gasteiger charge is 2.20. The molecule has 0 bridgehead atoms. The van der Waals surface area contributed by atoms with Crippen molar-refractivity contribution in [3.63, 3.8) is 0 Å². The van der Waals surface area contributed by atoms with Gasteiger partial charge in [0.2, 0.25) is 0 Å². The van der Waals surface area contributed by atoms with E-state index in [0.29, 0.717) is 0 Å². The quantitative estimate of drug-likeness (QED) is 0.836. The Bertz CT molecular complexity index is 410. The average Bonchev–Trinajstić information content (AvgIpc) is 2.37. The summed E-state index contributed by atoms with van der Waals surface area (Å²) in [7, 11) is 1.63. The van der Waals surface area contributed by atoms with Crippen LogP contribution in [-0.4, -0.2) is 25.1 Å². The second-order valence-corrected chi connectivity index (χ2v) is 4.49. The molecule has 0 amide bonds. The Balaban J connectivity index is 3.15. The molecule has 1 aromatic carbocycles. The zero-order chi connectivity index (χ0) is 12.8. The average molecular weight is 297 g/mol. The first-order valence-electron chi connectivity index (χ1n) is 5.65. The molecule has 1 rings (SSSR count). The molecular formula is C13H17BrN2O. The Morgan fingerprint density at radius 1 is 1.41 bits per heavy atom. The third kappa shape index (κ3) is 3.21. The monoisotopic (exact) mass is 296 g/mol.